The van der Waals surface area contributed by atoms with Gasteiger partial charge in [-0.2, -0.15) is 4.31 Å². The Labute approximate surface area is 173 Å². The van der Waals surface area contributed by atoms with Crippen LogP contribution in [0.4, 0.5) is 0 Å². The van der Waals surface area contributed by atoms with Gasteiger partial charge in [0.1, 0.15) is 16.2 Å². The van der Waals surface area contributed by atoms with Gasteiger partial charge in [0.05, 0.1) is 20.8 Å². The van der Waals surface area contributed by atoms with Crippen LogP contribution >= 0.6 is 0 Å². The average Bonchev–Trinajstić information content (AvgIpc) is 2.74. The summed E-state index contributed by atoms with van der Waals surface area (Å²) in [5.74, 6) is 1.40. The van der Waals surface area contributed by atoms with Crippen LogP contribution < -0.4 is 9.47 Å². The largest absolute Gasteiger partial charge is 0.497 e. The number of aliphatic hydroxyl groups is 1. The molecule has 0 aliphatic rings. The average molecular weight is 420 g/mol. The highest BCUT2D eigenvalue weighted by Crippen LogP contribution is 2.29. The maximum Gasteiger partial charge on any atom is 0.222 e. The molecule has 0 aliphatic heterocycles. The molecule has 158 valence electrons. The van der Waals surface area contributed by atoms with E-state index in [-0.39, 0.29) is 19.5 Å². The number of nitrogens with zero attached hydrogens (tertiary/aromatic N) is 1. The van der Waals surface area contributed by atoms with Gasteiger partial charge in [-0.05, 0) is 48.7 Å². The van der Waals surface area contributed by atoms with Crippen molar-refractivity contribution in [3.63, 3.8) is 0 Å². The van der Waals surface area contributed by atoms with Crippen molar-refractivity contribution in [3.8, 4) is 11.5 Å². The van der Waals surface area contributed by atoms with Gasteiger partial charge >= 0.3 is 0 Å². The van der Waals surface area contributed by atoms with E-state index in [1.807, 2.05) is 24.3 Å². The fourth-order valence-electron chi connectivity index (χ4n) is 2.96. The van der Waals surface area contributed by atoms with E-state index in [2.05, 4.69) is 6.58 Å². The first kappa shape index (κ1) is 22.9. The standard InChI is InChI=1S/C22H29NO5S/c1-5-14-22(2,17-24)29(25,26)23(15-18-6-10-20(27-3)11-7-18)16-19-8-12-21(28-4)13-9-19/h5-13,24H,1,14-17H2,2-4H3. The summed E-state index contributed by atoms with van der Waals surface area (Å²) in [6.45, 7) is 5.04. The Bertz CT molecular complexity index is 844. The Morgan fingerprint density at radius 3 is 1.69 bits per heavy atom. The topological polar surface area (TPSA) is 76.1 Å². The van der Waals surface area contributed by atoms with E-state index in [0.717, 1.165) is 11.1 Å². The fraction of sp³-hybridized carbons (Fsp3) is 0.364. The molecular formula is C22H29NO5S. The van der Waals surface area contributed by atoms with Gasteiger partial charge in [0, 0.05) is 13.1 Å². The molecule has 2 aromatic rings. The molecule has 7 heteroatoms. The molecule has 0 fully saturated rings. The van der Waals surface area contributed by atoms with Crippen molar-refractivity contribution < 1.29 is 23.0 Å². The van der Waals surface area contributed by atoms with Crippen LogP contribution in [0.15, 0.2) is 61.2 Å². The molecule has 0 amide bonds. The lowest BCUT2D eigenvalue weighted by atomic mass is 10.1. The van der Waals surface area contributed by atoms with Crippen LogP contribution in [0.25, 0.3) is 0 Å². The molecule has 0 saturated heterocycles. The van der Waals surface area contributed by atoms with E-state index < -0.39 is 21.4 Å². The minimum atomic E-state index is -3.85. The molecule has 0 spiro atoms. The van der Waals surface area contributed by atoms with E-state index in [1.165, 1.54) is 10.4 Å². The second-order valence-corrected chi connectivity index (χ2v) is 9.52. The highest BCUT2D eigenvalue weighted by molar-refractivity contribution is 7.90. The van der Waals surface area contributed by atoms with E-state index in [9.17, 15) is 13.5 Å². The van der Waals surface area contributed by atoms with Crippen molar-refractivity contribution in [1.82, 2.24) is 4.31 Å². The summed E-state index contributed by atoms with van der Waals surface area (Å²) in [4.78, 5) is 0. The molecular weight excluding hydrogens is 390 g/mol. The third kappa shape index (κ3) is 5.38. The van der Waals surface area contributed by atoms with Crippen LogP contribution in [-0.4, -0.2) is 43.4 Å². The number of aliphatic hydroxyl groups excluding tert-OH is 1. The zero-order chi connectivity index (χ0) is 21.5. The van der Waals surface area contributed by atoms with Crippen molar-refractivity contribution in [2.24, 2.45) is 0 Å². The smallest absolute Gasteiger partial charge is 0.222 e. The van der Waals surface area contributed by atoms with E-state index >= 15 is 0 Å². The summed E-state index contributed by atoms with van der Waals surface area (Å²) in [5.41, 5.74) is 1.64. The van der Waals surface area contributed by atoms with Gasteiger partial charge in [0.2, 0.25) is 10.0 Å². The van der Waals surface area contributed by atoms with Gasteiger partial charge in [-0.1, -0.05) is 30.3 Å². The third-order valence-electron chi connectivity index (χ3n) is 4.91. The predicted molar refractivity (Wildman–Crippen MR) is 114 cm³/mol. The molecule has 29 heavy (non-hydrogen) atoms. The first-order valence-corrected chi connectivity index (χ1v) is 10.7. The lowest BCUT2D eigenvalue weighted by molar-refractivity contribution is 0.240. The number of allylic oxidation sites excluding steroid dienone is 1. The number of benzene rings is 2. The van der Waals surface area contributed by atoms with Crippen molar-refractivity contribution in [1.29, 1.82) is 0 Å². The second-order valence-electron chi connectivity index (χ2n) is 7.07. The molecule has 0 aliphatic carbocycles. The molecule has 1 unspecified atom stereocenters. The van der Waals surface area contributed by atoms with Gasteiger partial charge in [-0.3, -0.25) is 0 Å². The van der Waals surface area contributed by atoms with Crippen LogP contribution in [-0.2, 0) is 23.1 Å². The summed E-state index contributed by atoms with van der Waals surface area (Å²) in [5, 5.41) is 9.88. The van der Waals surface area contributed by atoms with Crippen LogP contribution in [0, 0.1) is 0 Å². The summed E-state index contributed by atoms with van der Waals surface area (Å²) in [6, 6.07) is 14.5. The normalized spacial score (nSPS) is 13.7. The highest BCUT2D eigenvalue weighted by atomic mass is 32.2. The summed E-state index contributed by atoms with van der Waals surface area (Å²) >= 11 is 0. The molecule has 1 N–H and O–H groups in total. The Balaban J connectivity index is 2.40. The zero-order valence-corrected chi connectivity index (χ0v) is 18.0. The van der Waals surface area contributed by atoms with E-state index in [0.29, 0.717) is 11.5 Å². The lowest BCUT2D eigenvalue weighted by Crippen LogP contribution is -2.48. The van der Waals surface area contributed by atoms with Gasteiger partial charge in [-0.25, -0.2) is 8.42 Å². The number of ether oxygens (including phenoxy) is 2. The van der Waals surface area contributed by atoms with E-state index in [4.69, 9.17) is 9.47 Å². The third-order valence-corrected chi connectivity index (χ3v) is 7.39. The van der Waals surface area contributed by atoms with Gasteiger partial charge < -0.3 is 14.6 Å². The molecule has 0 heterocycles. The Morgan fingerprint density at radius 2 is 1.38 bits per heavy atom. The number of hydrogen-bond donors (Lipinski definition) is 1. The van der Waals surface area contributed by atoms with Crippen LogP contribution in [0.1, 0.15) is 24.5 Å². The summed E-state index contributed by atoms with van der Waals surface area (Å²) in [6.07, 6.45) is 1.67. The number of hydrogen-bond acceptors (Lipinski definition) is 5. The van der Waals surface area contributed by atoms with Gasteiger partial charge in [-0.15, -0.1) is 6.58 Å². The molecule has 2 rings (SSSR count). The molecule has 0 bridgehead atoms. The predicted octanol–water partition coefficient (Wildman–Crippen LogP) is 3.36. The van der Waals surface area contributed by atoms with Crippen molar-refractivity contribution in [2.75, 3.05) is 20.8 Å². The SMILES string of the molecule is C=CCC(C)(CO)S(=O)(=O)N(Cc1ccc(OC)cc1)Cc1ccc(OC)cc1. The molecule has 6 nitrogen and oxygen atoms in total. The zero-order valence-electron chi connectivity index (χ0n) is 17.2. The van der Waals surface area contributed by atoms with E-state index in [1.54, 1.807) is 45.4 Å². The lowest BCUT2D eigenvalue weighted by Gasteiger charge is -2.33. The summed E-state index contributed by atoms with van der Waals surface area (Å²) < 4.78 is 37.4. The number of methoxy groups -OCH3 is 2. The van der Waals surface area contributed by atoms with Gasteiger partial charge in [0.25, 0.3) is 0 Å². The first-order chi connectivity index (χ1) is 13.8. The highest BCUT2D eigenvalue weighted by Gasteiger charge is 2.42. The Hall–Kier alpha value is -2.35. The Morgan fingerprint density at radius 1 is 0.966 bits per heavy atom. The monoisotopic (exact) mass is 419 g/mol. The molecule has 0 saturated carbocycles. The Kier molecular flexibility index (Phi) is 7.84. The van der Waals surface area contributed by atoms with Gasteiger partial charge in [0.15, 0.2) is 0 Å². The molecule has 0 radical (unpaired) electrons. The molecule has 1 atom stereocenters. The second kappa shape index (κ2) is 9.91. The quantitative estimate of drug-likeness (QED) is 0.565. The number of rotatable bonds is 11. The number of sulfonamides is 1. The molecule has 2 aromatic carbocycles. The van der Waals surface area contributed by atoms with Crippen molar-refractivity contribution in [2.45, 2.75) is 31.2 Å². The minimum Gasteiger partial charge on any atom is -0.497 e. The maximum absolute atomic E-state index is 13.5. The molecule has 0 aromatic heterocycles. The van der Waals surface area contributed by atoms with Crippen LogP contribution in [0.2, 0.25) is 0 Å². The minimum absolute atomic E-state index is 0.146. The van der Waals surface area contributed by atoms with Crippen molar-refractivity contribution >= 4 is 10.0 Å². The first-order valence-electron chi connectivity index (χ1n) is 9.27. The van der Waals surface area contributed by atoms with Crippen molar-refractivity contribution in [3.05, 3.63) is 72.3 Å². The maximum atomic E-state index is 13.5. The fourth-order valence-corrected chi connectivity index (χ4v) is 4.72. The summed E-state index contributed by atoms with van der Waals surface area (Å²) in [7, 11) is -0.692. The van der Waals surface area contributed by atoms with Crippen LogP contribution in [0.3, 0.4) is 0 Å². The van der Waals surface area contributed by atoms with Crippen LogP contribution in [0.5, 0.6) is 11.5 Å².